The third kappa shape index (κ3) is 2.12. The molecule has 2 bridgehead atoms. The van der Waals surface area contributed by atoms with Gasteiger partial charge in [0, 0.05) is 12.6 Å². The molecule has 2 N–H and O–H groups in total. The Hall–Kier alpha value is -0.160. The van der Waals surface area contributed by atoms with Crippen molar-refractivity contribution in [2.24, 2.45) is 29.4 Å². The van der Waals surface area contributed by atoms with Crippen molar-refractivity contribution in [1.29, 1.82) is 0 Å². The van der Waals surface area contributed by atoms with Crippen LogP contribution in [0.4, 0.5) is 0 Å². The minimum Gasteiger partial charge on any atom is -0.330 e. The van der Waals surface area contributed by atoms with Crippen LogP contribution in [-0.4, -0.2) is 31.3 Å². The highest BCUT2D eigenvalue weighted by molar-refractivity contribution is 5.02. The van der Waals surface area contributed by atoms with Gasteiger partial charge in [0.05, 0.1) is 12.2 Å². The van der Waals surface area contributed by atoms with Gasteiger partial charge in [-0.3, -0.25) is 0 Å². The first kappa shape index (κ1) is 13.5. The first-order valence-corrected chi connectivity index (χ1v) is 8.44. The van der Waals surface area contributed by atoms with E-state index in [1.807, 2.05) is 6.92 Å². The van der Waals surface area contributed by atoms with E-state index >= 15 is 0 Å². The van der Waals surface area contributed by atoms with E-state index in [9.17, 15) is 0 Å². The van der Waals surface area contributed by atoms with Crippen molar-refractivity contribution in [2.45, 2.75) is 70.2 Å². The molecule has 1 heterocycles. The number of fused-ring (bicyclic) bond motifs is 2. The molecule has 0 aromatic rings. The van der Waals surface area contributed by atoms with Gasteiger partial charge in [-0.15, -0.1) is 0 Å². The maximum absolute atomic E-state index is 6.56. The highest BCUT2D eigenvalue weighted by atomic mass is 16.9. The van der Waals surface area contributed by atoms with E-state index in [0.717, 1.165) is 30.6 Å². The van der Waals surface area contributed by atoms with Gasteiger partial charge in [0.1, 0.15) is 0 Å². The summed E-state index contributed by atoms with van der Waals surface area (Å²) in [6.45, 7) is 2.18. The largest absolute Gasteiger partial charge is 0.330 e. The molecule has 3 unspecified atom stereocenters. The lowest BCUT2D eigenvalue weighted by molar-refractivity contribution is -0.242. The van der Waals surface area contributed by atoms with Crippen LogP contribution >= 0.6 is 0 Å². The summed E-state index contributed by atoms with van der Waals surface area (Å²) in [4.78, 5) is 0. The predicted molar refractivity (Wildman–Crippen MR) is 74.8 cm³/mol. The molecule has 0 spiro atoms. The van der Waals surface area contributed by atoms with Crippen molar-refractivity contribution in [3.8, 4) is 0 Å². The minimum atomic E-state index is -0.441. The van der Waals surface area contributed by atoms with Gasteiger partial charge in [0.25, 0.3) is 6.48 Å². The molecule has 1 saturated heterocycles. The summed E-state index contributed by atoms with van der Waals surface area (Å²) in [7, 11) is 0. The van der Waals surface area contributed by atoms with Gasteiger partial charge in [0.2, 0.25) is 0 Å². The average molecular weight is 281 g/mol. The molecule has 4 rings (SSSR count). The SMILES string of the molecule is CCO[C@H]1O[C@H]2C[C@H]3CCCC4CC3[C@@H](C[C@@H]2O1)C4N. The zero-order valence-electron chi connectivity index (χ0n) is 12.4. The van der Waals surface area contributed by atoms with E-state index in [2.05, 4.69) is 0 Å². The standard InChI is InChI=1S/C16H27NO3/c1-2-18-16-19-13-7-9-4-3-5-10-6-11(9)12(15(10)17)8-14(13)20-16/h9-16H,2-8,17H2,1H3/t9-,10?,11?,12-,13+,14+,15?,16+/m1/s1. The van der Waals surface area contributed by atoms with Gasteiger partial charge in [-0.1, -0.05) is 12.8 Å². The van der Waals surface area contributed by atoms with Crippen LogP contribution in [0.1, 0.15) is 45.4 Å². The molecule has 8 atom stereocenters. The molecule has 0 aromatic carbocycles. The zero-order chi connectivity index (χ0) is 13.7. The van der Waals surface area contributed by atoms with E-state index in [-0.39, 0.29) is 12.2 Å². The molecule has 0 radical (unpaired) electrons. The molecule has 114 valence electrons. The number of ether oxygens (including phenoxy) is 3. The maximum atomic E-state index is 6.56. The van der Waals surface area contributed by atoms with Gasteiger partial charge in [-0.2, -0.15) is 0 Å². The average Bonchev–Trinajstić information content (AvgIpc) is 2.79. The Balaban J connectivity index is 1.55. The lowest BCUT2D eigenvalue weighted by atomic mass is 9.79. The quantitative estimate of drug-likeness (QED) is 0.843. The van der Waals surface area contributed by atoms with Crippen LogP contribution in [0.25, 0.3) is 0 Å². The van der Waals surface area contributed by atoms with Crippen molar-refractivity contribution >= 4 is 0 Å². The maximum Gasteiger partial charge on any atom is 0.272 e. The van der Waals surface area contributed by atoms with Crippen LogP contribution < -0.4 is 5.73 Å². The summed E-state index contributed by atoms with van der Waals surface area (Å²) in [6.07, 6.45) is 8.05. The highest BCUT2D eigenvalue weighted by Gasteiger charge is 2.52. The van der Waals surface area contributed by atoms with Gasteiger partial charge in [-0.05, 0) is 56.3 Å². The van der Waals surface area contributed by atoms with Crippen molar-refractivity contribution in [3.63, 3.8) is 0 Å². The molecular formula is C16H27NO3. The van der Waals surface area contributed by atoms with E-state index < -0.39 is 6.48 Å². The van der Waals surface area contributed by atoms with Crippen LogP contribution in [-0.2, 0) is 14.2 Å². The first-order valence-electron chi connectivity index (χ1n) is 8.44. The Morgan fingerprint density at radius 3 is 2.55 bits per heavy atom. The smallest absolute Gasteiger partial charge is 0.272 e. The Morgan fingerprint density at radius 1 is 1.00 bits per heavy atom. The summed E-state index contributed by atoms with van der Waals surface area (Å²) in [6, 6.07) is 0.385. The van der Waals surface area contributed by atoms with Crippen molar-refractivity contribution in [1.82, 2.24) is 0 Å². The molecule has 3 aliphatic carbocycles. The summed E-state index contributed by atoms with van der Waals surface area (Å²) < 4.78 is 17.5. The fourth-order valence-corrected chi connectivity index (χ4v) is 5.34. The molecule has 20 heavy (non-hydrogen) atoms. The Morgan fingerprint density at radius 2 is 1.75 bits per heavy atom. The third-order valence-corrected chi connectivity index (χ3v) is 6.25. The highest BCUT2D eigenvalue weighted by Crippen LogP contribution is 2.53. The third-order valence-electron chi connectivity index (χ3n) is 6.25. The van der Waals surface area contributed by atoms with Gasteiger partial charge < -0.3 is 19.9 Å². The molecule has 1 aliphatic heterocycles. The van der Waals surface area contributed by atoms with Crippen molar-refractivity contribution in [3.05, 3.63) is 0 Å². The lowest BCUT2D eigenvalue weighted by Gasteiger charge is -2.29. The van der Waals surface area contributed by atoms with E-state index in [1.165, 1.54) is 25.7 Å². The second kappa shape index (κ2) is 5.24. The molecular weight excluding hydrogens is 254 g/mol. The molecule has 3 saturated carbocycles. The lowest BCUT2D eigenvalue weighted by Crippen LogP contribution is -2.36. The van der Waals surface area contributed by atoms with Crippen molar-refractivity contribution in [2.75, 3.05) is 6.61 Å². The predicted octanol–water partition coefficient (Wildman–Crippen LogP) is 2.26. The van der Waals surface area contributed by atoms with Gasteiger partial charge >= 0.3 is 0 Å². The van der Waals surface area contributed by atoms with E-state index in [4.69, 9.17) is 19.9 Å². The number of hydrogen-bond acceptors (Lipinski definition) is 4. The Bertz CT molecular complexity index is 364. The van der Waals surface area contributed by atoms with Crippen LogP contribution in [0, 0.1) is 23.7 Å². The molecule has 0 aromatic heterocycles. The van der Waals surface area contributed by atoms with Gasteiger partial charge in [-0.25, -0.2) is 0 Å². The molecule has 0 amide bonds. The van der Waals surface area contributed by atoms with Crippen LogP contribution in [0.5, 0.6) is 0 Å². The van der Waals surface area contributed by atoms with Crippen LogP contribution in [0.15, 0.2) is 0 Å². The van der Waals surface area contributed by atoms with Crippen LogP contribution in [0.3, 0.4) is 0 Å². The second-order valence-electron chi connectivity index (χ2n) is 7.16. The molecule has 4 fully saturated rings. The molecule has 4 heteroatoms. The summed E-state index contributed by atoms with van der Waals surface area (Å²) >= 11 is 0. The van der Waals surface area contributed by atoms with E-state index in [0.29, 0.717) is 18.6 Å². The Kier molecular flexibility index (Phi) is 3.53. The zero-order valence-corrected chi connectivity index (χ0v) is 12.4. The number of rotatable bonds is 2. The fourth-order valence-electron chi connectivity index (χ4n) is 5.34. The summed E-state index contributed by atoms with van der Waals surface area (Å²) in [5.41, 5.74) is 6.56. The van der Waals surface area contributed by atoms with Crippen LogP contribution in [0.2, 0.25) is 0 Å². The Labute approximate surface area is 121 Å². The minimum absolute atomic E-state index is 0.201. The summed E-state index contributed by atoms with van der Waals surface area (Å²) in [5, 5.41) is 0. The molecule has 4 nitrogen and oxygen atoms in total. The monoisotopic (exact) mass is 281 g/mol. The number of nitrogens with two attached hydrogens (primary N) is 1. The normalized spacial score (nSPS) is 54.3. The first-order chi connectivity index (χ1) is 9.76. The topological polar surface area (TPSA) is 53.7 Å². The van der Waals surface area contributed by atoms with E-state index in [1.54, 1.807) is 0 Å². The van der Waals surface area contributed by atoms with Crippen molar-refractivity contribution < 1.29 is 14.2 Å². The van der Waals surface area contributed by atoms with Gasteiger partial charge in [0.15, 0.2) is 0 Å². The second-order valence-corrected chi connectivity index (χ2v) is 7.16. The fraction of sp³-hybridized carbons (Fsp3) is 1.00. The summed E-state index contributed by atoms with van der Waals surface area (Å²) in [5.74, 6) is 3.01. The number of hydrogen-bond donors (Lipinski definition) is 1. The molecule has 4 aliphatic rings.